The summed E-state index contributed by atoms with van der Waals surface area (Å²) in [5.74, 6) is 0. The number of pyridine rings is 1. The lowest BCUT2D eigenvalue weighted by molar-refractivity contribution is -0.143. The molecule has 0 aliphatic carbocycles. The summed E-state index contributed by atoms with van der Waals surface area (Å²) in [5.41, 5.74) is -1.07. The van der Waals surface area contributed by atoms with E-state index in [9.17, 15) is 22.5 Å². The van der Waals surface area contributed by atoms with Gasteiger partial charge < -0.3 is 18.9 Å². The number of anilines is 1. The quantitative estimate of drug-likeness (QED) is 0.665. The van der Waals surface area contributed by atoms with Crippen LogP contribution in [0, 0.1) is 0 Å². The molecule has 27 heavy (non-hydrogen) atoms. The van der Waals surface area contributed by atoms with Crippen LogP contribution < -0.4 is 10.7 Å². The van der Waals surface area contributed by atoms with Crippen LogP contribution in [0.2, 0.25) is 0 Å². The highest BCUT2D eigenvalue weighted by Crippen LogP contribution is 2.47. The first-order valence-corrected chi connectivity index (χ1v) is 10.2. The zero-order chi connectivity index (χ0) is 20.2. The Morgan fingerprint density at radius 3 is 2.33 bits per heavy atom. The average molecular weight is 406 g/mol. The third-order valence-corrected chi connectivity index (χ3v) is 5.99. The first-order valence-electron chi connectivity index (χ1n) is 8.44. The second-order valence-electron chi connectivity index (χ2n) is 5.78. The van der Waals surface area contributed by atoms with Crippen LogP contribution in [0.3, 0.4) is 0 Å². The first-order chi connectivity index (χ1) is 12.6. The Morgan fingerprint density at radius 1 is 1.15 bits per heavy atom. The highest BCUT2D eigenvalue weighted by molar-refractivity contribution is 7.53. The molecule has 1 heterocycles. The van der Waals surface area contributed by atoms with E-state index in [4.69, 9.17) is 9.05 Å². The van der Waals surface area contributed by atoms with E-state index in [-0.39, 0.29) is 36.8 Å². The standard InChI is InChI=1S/C17H22F3N2O4P/c1-4-25-27(24,26-5-2)9-8-21-12-6-7-13-14(10-12)22(3)16(11-15(13)23)17(18,19)20/h6-7,10-11,21H,4-5,8-9H2,1-3H3. The number of hydrogen-bond acceptors (Lipinski definition) is 5. The van der Waals surface area contributed by atoms with Crippen LogP contribution >= 0.6 is 7.60 Å². The second kappa shape index (κ2) is 8.46. The maximum absolute atomic E-state index is 13.1. The molecule has 1 N–H and O–H groups in total. The summed E-state index contributed by atoms with van der Waals surface area (Å²) < 4.78 is 63.0. The topological polar surface area (TPSA) is 69.6 Å². The van der Waals surface area contributed by atoms with Gasteiger partial charge in [-0.2, -0.15) is 13.2 Å². The Kier molecular flexibility index (Phi) is 6.72. The third kappa shape index (κ3) is 5.12. The molecule has 0 aliphatic heterocycles. The van der Waals surface area contributed by atoms with Crippen molar-refractivity contribution in [3.8, 4) is 0 Å². The molecule has 0 aliphatic rings. The van der Waals surface area contributed by atoms with Gasteiger partial charge in [-0.3, -0.25) is 9.36 Å². The Morgan fingerprint density at radius 2 is 1.78 bits per heavy atom. The zero-order valence-electron chi connectivity index (χ0n) is 15.3. The minimum absolute atomic E-state index is 0.105. The largest absolute Gasteiger partial charge is 0.431 e. The van der Waals surface area contributed by atoms with Crippen molar-refractivity contribution in [1.29, 1.82) is 0 Å². The molecule has 0 atom stereocenters. The van der Waals surface area contributed by atoms with Crippen LogP contribution in [0.25, 0.3) is 10.9 Å². The number of alkyl halides is 3. The third-order valence-electron chi connectivity index (χ3n) is 3.91. The molecule has 0 spiro atoms. The Hall–Kier alpha value is -1.83. The maximum atomic E-state index is 13.1. The molecule has 0 radical (unpaired) electrons. The van der Waals surface area contributed by atoms with E-state index in [0.29, 0.717) is 11.8 Å². The van der Waals surface area contributed by atoms with Gasteiger partial charge in [-0.1, -0.05) is 0 Å². The minimum Gasteiger partial charge on any atom is -0.384 e. The molecule has 150 valence electrons. The van der Waals surface area contributed by atoms with Crippen LogP contribution in [-0.2, 0) is 26.8 Å². The molecule has 6 nitrogen and oxygen atoms in total. The van der Waals surface area contributed by atoms with Crippen LogP contribution in [0.4, 0.5) is 18.9 Å². The van der Waals surface area contributed by atoms with E-state index in [0.717, 1.165) is 4.57 Å². The number of halogens is 3. The predicted octanol–water partition coefficient (Wildman–Crippen LogP) is 4.24. The molecular formula is C17H22F3N2O4P. The number of nitrogens with one attached hydrogen (secondary N) is 1. The first kappa shape index (κ1) is 21.5. The monoisotopic (exact) mass is 406 g/mol. The van der Waals surface area contributed by atoms with Gasteiger partial charge in [0.05, 0.1) is 24.9 Å². The van der Waals surface area contributed by atoms with Gasteiger partial charge in [0.1, 0.15) is 5.69 Å². The minimum atomic E-state index is -4.63. The van der Waals surface area contributed by atoms with Crippen molar-refractivity contribution in [2.45, 2.75) is 20.0 Å². The van der Waals surface area contributed by atoms with Crippen molar-refractivity contribution in [2.24, 2.45) is 7.05 Å². The molecule has 0 saturated heterocycles. The van der Waals surface area contributed by atoms with Gasteiger partial charge in [-0.05, 0) is 32.0 Å². The van der Waals surface area contributed by atoms with E-state index in [1.807, 2.05) is 0 Å². The van der Waals surface area contributed by atoms with Gasteiger partial charge >= 0.3 is 13.8 Å². The van der Waals surface area contributed by atoms with Gasteiger partial charge in [-0.25, -0.2) is 0 Å². The van der Waals surface area contributed by atoms with E-state index in [1.165, 1.54) is 19.2 Å². The summed E-state index contributed by atoms with van der Waals surface area (Å²) in [4.78, 5) is 12.0. The van der Waals surface area contributed by atoms with Gasteiger partial charge in [-0.15, -0.1) is 0 Å². The number of hydrogen-bond donors (Lipinski definition) is 1. The predicted molar refractivity (Wildman–Crippen MR) is 98.4 cm³/mol. The normalized spacial score (nSPS) is 12.5. The molecule has 2 rings (SSSR count). The fraction of sp³-hybridized carbons (Fsp3) is 0.471. The maximum Gasteiger partial charge on any atom is 0.431 e. The molecule has 1 aromatic heterocycles. The van der Waals surface area contributed by atoms with Gasteiger partial charge in [0, 0.05) is 30.7 Å². The lowest BCUT2D eigenvalue weighted by Gasteiger charge is -2.18. The molecule has 0 amide bonds. The molecule has 0 fully saturated rings. The van der Waals surface area contributed by atoms with Gasteiger partial charge in [0.25, 0.3) is 0 Å². The van der Waals surface area contributed by atoms with E-state index >= 15 is 0 Å². The zero-order valence-corrected chi connectivity index (χ0v) is 16.2. The number of fused-ring (bicyclic) bond motifs is 1. The second-order valence-corrected chi connectivity index (χ2v) is 7.96. The summed E-state index contributed by atoms with van der Waals surface area (Å²) in [6.07, 6.45) is -4.53. The molecule has 0 saturated carbocycles. The number of nitrogens with zero attached hydrogens (tertiary/aromatic N) is 1. The lowest BCUT2D eigenvalue weighted by Crippen LogP contribution is -2.19. The molecule has 0 unspecified atom stereocenters. The highest BCUT2D eigenvalue weighted by Gasteiger charge is 2.34. The smallest absolute Gasteiger partial charge is 0.384 e. The van der Waals surface area contributed by atoms with Crippen LogP contribution in [0.1, 0.15) is 19.5 Å². The molecular weight excluding hydrogens is 384 g/mol. The number of rotatable bonds is 8. The van der Waals surface area contributed by atoms with Crippen molar-refractivity contribution >= 4 is 24.2 Å². The number of aryl methyl sites for hydroxylation is 1. The van der Waals surface area contributed by atoms with Crippen molar-refractivity contribution in [1.82, 2.24) is 4.57 Å². The SMILES string of the molecule is CCOP(=O)(CCNc1ccc2c(=O)cc(C(F)(F)F)n(C)c2c1)OCC. The van der Waals surface area contributed by atoms with Crippen molar-refractivity contribution < 1.29 is 26.8 Å². The molecule has 2 aromatic rings. The van der Waals surface area contributed by atoms with Crippen LogP contribution in [0.5, 0.6) is 0 Å². The molecule has 1 aromatic carbocycles. The van der Waals surface area contributed by atoms with Gasteiger partial charge in [0.15, 0.2) is 5.43 Å². The average Bonchev–Trinajstić information content (AvgIpc) is 2.57. The fourth-order valence-corrected chi connectivity index (χ4v) is 4.23. The van der Waals surface area contributed by atoms with Crippen molar-refractivity contribution in [3.05, 3.63) is 40.2 Å². The Balaban J connectivity index is 2.27. The lowest BCUT2D eigenvalue weighted by atomic mass is 10.1. The Bertz CT molecular complexity index is 901. The molecule has 0 bridgehead atoms. The van der Waals surface area contributed by atoms with E-state index in [1.54, 1.807) is 19.9 Å². The Labute approximate surface area is 154 Å². The summed E-state index contributed by atoms with van der Waals surface area (Å²) in [6, 6.07) is 5.10. The highest BCUT2D eigenvalue weighted by atomic mass is 31.2. The van der Waals surface area contributed by atoms with Crippen molar-refractivity contribution in [2.75, 3.05) is 31.2 Å². The van der Waals surface area contributed by atoms with E-state index < -0.39 is 24.9 Å². The summed E-state index contributed by atoms with van der Waals surface area (Å²) in [5, 5.41) is 3.17. The van der Waals surface area contributed by atoms with Gasteiger partial charge in [0.2, 0.25) is 0 Å². The molecule has 10 heteroatoms. The van der Waals surface area contributed by atoms with Crippen LogP contribution in [-0.4, -0.2) is 30.5 Å². The summed E-state index contributed by atoms with van der Waals surface area (Å²) in [6.45, 7) is 4.14. The number of aromatic nitrogens is 1. The van der Waals surface area contributed by atoms with Crippen molar-refractivity contribution in [3.63, 3.8) is 0 Å². The summed E-state index contributed by atoms with van der Waals surface area (Å²) >= 11 is 0. The summed E-state index contributed by atoms with van der Waals surface area (Å²) in [7, 11) is -1.96. The number of benzene rings is 1. The van der Waals surface area contributed by atoms with E-state index in [2.05, 4.69) is 5.32 Å². The fourth-order valence-electron chi connectivity index (χ4n) is 2.72. The van der Waals surface area contributed by atoms with Crippen LogP contribution in [0.15, 0.2) is 29.1 Å².